The van der Waals surface area contributed by atoms with Gasteiger partial charge in [0.15, 0.2) is 0 Å². The number of likely N-dealkylation sites (tertiary alicyclic amines) is 2. The van der Waals surface area contributed by atoms with E-state index in [2.05, 4.69) is 23.6 Å². The fraction of sp³-hybridized carbons (Fsp3) is 0.692. The molecule has 3 aliphatic heterocycles. The van der Waals surface area contributed by atoms with Gasteiger partial charge in [-0.25, -0.2) is 0 Å². The monoisotopic (exact) mass is 441 g/mol. The zero-order valence-electron chi connectivity index (χ0n) is 20.0. The topological polar surface area (TPSA) is 53.1 Å². The predicted octanol–water partition coefficient (Wildman–Crippen LogP) is 3.20. The van der Waals surface area contributed by atoms with Crippen LogP contribution in [0, 0.1) is 18.8 Å². The fourth-order valence-electron chi connectivity index (χ4n) is 5.63. The summed E-state index contributed by atoms with van der Waals surface area (Å²) in [7, 11) is 0. The molecule has 3 heterocycles. The van der Waals surface area contributed by atoms with E-state index in [0.717, 1.165) is 76.1 Å². The van der Waals surface area contributed by atoms with Crippen molar-refractivity contribution in [2.75, 3.05) is 45.8 Å². The zero-order chi connectivity index (χ0) is 22.7. The molecule has 176 valence electrons. The van der Waals surface area contributed by atoms with Gasteiger partial charge in [0.1, 0.15) is 0 Å². The second-order valence-electron chi connectivity index (χ2n) is 10.2. The Balaban J connectivity index is 1.26. The molecule has 0 bridgehead atoms. The van der Waals surface area contributed by atoms with Crippen LogP contribution in [0.2, 0.25) is 0 Å². The van der Waals surface area contributed by atoms with Gasteiger partial charge in [-0.2, -0.15) is 0 Å². The molecule has 3 saturated heterocycles. The Hall–Kier alpha value is -1.92. The van der Waals surface area contributed by atoms with Crippen molar-refractivity contribution in [1.82, 2.24) is 14.7 Å². The number of nitrogens with zero attached hydrogens (tertiary/aromatic N) is 3. The Labute approximate surface area is 192 Å². The third-order valence-corrected chi connectivity index (χ3v) is 7.29. The first-order valence-corrected chi connectivity index (χ1v) is 12.4. The summed E-state index contributed by atoms with van der Waals surface area (Å²) in [5.41, 5.74) is 1.87. The number of hydrogen-bond donors (Lipinski definition) is 0. The summed E-state index contributed by atoms with van der Waals surface area (Å²) in [6.07, 6.45) is 4.54. The summed E-state index contributed by atoms with van der Waals surface area (Å²) in [6.45, 7) is 12.5. The summed E-state index contributed by atoms with van der Waals surface area (Å²) >= 11 is 0. The SMILES string of the molecule is Cc1ccc(C(=O)N2CCCC(C(=O)N3CCC(CN4CC(C)OC(C)C4)CC3)C2)cc1. The van der Waals surface area contributed by atoms with Crippen molar-refractivity contribution < 1.29 is 14.3 Å². The minimum absolute atomic E-state index is 0.0511. The molecule has 0 aliphatic carbocycles. The van der Waals surface area contributed by atoms with Crippen LogP contribution in [0.25, 0.3) is 0 Å². The predicted molar refractivity (Wildman–Crippen MR) is 126 cm³/mol. The molecule has 3 aliphatic rings. The van der Waals surface area contributed by atoms with E-state index >= 15 is 0 Å². The Morgan fingerprint density at radius 1 is 0.906 bits per heavy atom. The lowest BCUT2D eigenvalue weighted by atomic mass is 9.92. The second-order valence-corrected chi connectivity index (χ2v) is 10.2. The van der Waals surface area contributed by atoms with Crippen LogP contribution in [0.5, 0.6) is 0 Å². The largest absolute Gasteiger partial charge is 0.373 e. The molecular formula is C26H39N3O3. The van der Waals surface area contributed by atoms with Crippen LogP contribution in [0.1, 0.15) is 55.5 Å². The number of carbonyl (C=O) groups is 2. The summed E-state index contributed by atoms with van der Waals surface area (Å²) in [5.74, 6) is 0.895. The summed E-state index contributed by atoms with van der Waals surface area (Å²) in [6, 6.07) is 7.73. The molecule has 0 N–H and O–H groups in total. The van der Waals surface area contributed by atoms with Crippen molar-refractivity contribution >= 4 is 11.8 Å². The van der Waals surface area contributed by atoms with Crippen LogP contribution in [-0.2, 0) is 9.53 Å². The molecule has 1 aromatic carbocycles. The third-order valence-electron chi connectivity index (χ3n) is 7.29. The van der Waals surface area contributed by atoms with Crippen LogP contribution in [0.15, 0.2) is 24.3 Å². The van der Waals surface area contributed by atoms with Crippen LogP contribution in [-0.4, -0.2) is 84.5 Å². The molecule has 3 unspecified atom stereocenters. The number of piperidine rings is 2. The minimum atomic E-state index is -0.0596. The fourth-order valence-corrected chi connectivity index (χ4v) is 5.63. The van der Waals surface area contributed by atoms with E-state index in [0.29, 0.717) is 24.7 Å². The number of aryl methyl sites for hydroxylation is 1. The number of ether oxygens (including phenoxy) is 1. The zero-order valence-corrected chi connectivity index (χ0v) is 20.0. The van der Waals surface area contributed by atoms with Gasteiger partial charge in [0, 0.05) is 51.4 Å². The number of hydrogen-bond acceptors (Lipinski definition) is 4. The van der Waals surface area contributed by atoms with E-state index in [-0.39, 0.29) is 17.7 Å². The van der Waals surface area contributed by atoms with Crippen LogP contribution in [0.3, 0.4) is 0 Å². The first-order valence-electron chi connectivity index (χ1n) is 12.4. The molecule has 6 heteroatoms. The molecule has 0 radical (unpaired) electrons. The average molecular weight is 442 g/mol. The van der Waals surface area contributed by atoms with Gasteiger partial charge in [-0.05, 0) is 64.5 Å². The maximum atomic E-state index is 13.2. The van der Waals surface area contributed by atoms with E-state index in [1.165, 1.54) is 0 Å². The highest BCUT2D eigenvalue weighted by Crippen LogP contribution is 2.25. The van der Waals surface area contributed by atoms with Gasteiger partial charge in [0.05, 0.1) is 18.1 Å². The van der Waals surface area contributed by atoms with E-state index in [4.69, 9.17) is 4.74 Å². The van der Waals surface area contributed by atoms with Gasteiger partial charge in [-0.15, -0.1) is 0 Å². The quantitative estimate of drug-likeness (QED) is 0.720. The molecule has 32 heavy (non-hydrogen) atoms. The van der Waals surface area contributed by atoms with Crippen molar-refractivity contribution in [2.24, 2.45) is 11.8 Å². The van der Waals surface area contributed by atoms with Gasteiger partial charge >= 0.3 is 0 Å². The Morgan fingerprint density at radius 2 is 1.56 bits per heavy atom. The normalized spacial score (nSPS) is 28.0. The molecule has 1 aromatic rings. The lowest BCUT2D eigenvalue weighted by molar-refractivity contribution is -0.138. The lowest BCUT2D eigenvalue weighted by Gasteiger charge is -2.41. The summed E-state index contributed by atoms with van der Waals surface area (Å²) < 4.78 is 5.86. The van der Waals surface area contributed by atoms with Crippen molar-refractivity contribution in [3.05, 3.63) is 35.4 Å². The first-order chi connectivity index (χ1) is 15.4. The van der Waals surface area contributed by atoms with Gasteiger partial charge in [0.2, 0.25) is 5.91 Å². The Bertz CT molecular complexity index is 778. The van der Waals surface area contributed by atoms with Gasteiger partial charge < -0.3 is 14.5 Å². The number of carbonyl (C=O) groups excluding carboxylic acids is 2. The molecule has 0 saturated carbocycles. The highest BCUT2D eigenvalue weighted by Gasteiger charge is 2.34. The number of rotatable bonds is 4. The Kier molecular flexibility index (Phi) is 7.51. The molecule has 0 aromatic heterocycles. The van der Waals surface area contributed by atoms with E-state index in [9.17, 15) is 9.59 Å². The highest BCUT2D eigenvalue weighted by atomic mass is 16.5. The smallest absolute Gasteiger partial charge is 0.253 e. The number of benzene rings is 1. The highest BCUT2D eigenvalue weighted by molar-refractivity contribution is 5.94. The van der Waals surface area contributed by atoms with Crippen molar-refractivity contribution in [3.8, 4) is 0 Å². The molecule has 4 rings (SSSR count). The average Bonchev–Trinajstić information content (AvgIpc) is 2.78. The second kappa shape index (κ2) is 10.3. The number of morpholine rings is 1. The van der Waals surface area contributed by atoms with Crippen LogP contribution < -0.4 is 0 Å². The molecule has 6 nitrogen and oxygen atoms in total. The maximum absolute atomic E-state index is 13.2. The van der Waals surface area contributed by atoms with Crippen molar-refractivity contribution in [3.63, 3.8) is 0 Å². The summed E-state index contributed by atoms with van der Waals surface area (Å²) in [5, 5.41) is 0. The number of amides is 2. The third kappa shape index (κ3) is 5.70. The van der Waals surface area contributed by atoms with Crippen molar-refractivity contribution in [1.29, 1.82) is 0 Å². The molecule has 0 spiro atoms. The minimum Gasteiger partial charge on any atom is -0.373 e. The van der Waals surface area contributed by atoms with Gasteiger partial charge in [0.25, 0.3) is 5.91 Å². The van der Waals surface area contributed by atoms with Crippen molar-refractivity contribution in [2.45, 2.75) is 58.7 Å². The summed E-state index contributed by atoms with van der Waals surface area (Å²) in [4.78, 5) is 32.6. The standard InChI is InChI=1S/C26H39N3O3/c1-19-6-8-23(9-7-19)25(30)29-12-4-5-24(18-29)26(31)28-13-10-22(11-14-28)17-27-15-20(2)32-21(3)16-27/h6-9,20-22,24H,4-5,10-18H2,1-3H3. The van der Waals surface area contributed by atoms with E-state index in [1.807, 2.05) is 36.1 Å². The first kappa shape index (κ1) is 23.2. The molecule has 3 fully saturated rings. The van der Waals surface area contributed by atoms with Gasteiger partial charge in [-0.3, -0.25) is 14.5 Å². The molecular weight excluding hydrogens is 402 g/mol. The lowest BCUT2D eigenvalue weighted by Crippen LogP contribution is -2.50. The molecule has 2 amide bonds. The van der Waals surface area contributed by atoms with E-state index in [1.54, 1.807) is 0 Å². The van der Waals surface area contributed by atoms with E-state index < -0.39 is 0 Å². The van der Waals surface area contributed by atoms with Crippen LogP contribution in [0.4, 0.5) is 0 Å². The van der Waals surface area contributed by atoms with Gasteiger partial charge in [-0.1, -0.05) is 17.7 Å². The molecule has 3 atom stereocenters. The maximum Gasteiger partial charge on any atom is 0.253 e. The van der Waals surface area contributed by atoms with Crippen LogP contribution >= 0.6 is 0 Å². The Morgan fingerprint density at radius 3 is 2.22 bits per heavy atom.